The van der Waals surface area contributed by atoms with Crippen molar-refractivity contribution >= 4 is 45.6 Å². The molecule has 0 bridgehead atoms. The van der Waals surface area contributed by atoms with Crippen LogP contribution in [0.1, 0.15) is 12.2 Å². The fourth-order valence-electron chi connectivity index (χ4n) is 2.64. The van der Waals surface area contributed by atoms with E-state index in [1.165, 1.54) is 4.31 Å². The number of nitrogens with zero attached hydrogens (tertiary/aromatic N) is 5. The highest BCUT2D eigenvalue weighted by Gasteiger charge is 2.27. The summed E-state index contributed by atoms with van der Waals surface area (Å²) in [4.78, 5) is 4.14. The van der Waals surface area contributed by atoms with Crippen molar-refractivity contribution in [3.05, 3.63) is 30.2 Å². The Balaban J connectivity index is 0.00000225. The molecule has 9 nitrogen and oxygen atoms in total. The molecule has 0 aromatic carbocycles. The van der Waals surface area contributed by atoms with Gasteiger partial charge in [-0.15, -0.1) is 34.2 Å². The zero-order valence-corrected chi connectivity index (χ0v) is 17.1. The Morgan fingerprint density at radius 2 is 2.16 bits per heavy atom. The molecule has 2 aromatic heterocycles. The van der Waals surface area contributed by atoms with Gasteiger partial charge in [-0.05, 0) is 18.6 Å². The first kappa shape index (κ1) is 19.8. The molecular formula is C14H22IN7O2S. The number of fused-ring (bicyclic) bond motifs is 1. The third kappa shape index (κ3) is 4.79. The van der Waals surface area contributed by atoms with Gasteiger partial charge in [0.15, 0.2) is 17.4 Å². The lowest BCUT2D eigenvalue weighted by Gasteiger charge is -2.16. The molecule has 0 spiro atoms. The second-order valence-electron chi connectivity index (χ2n) is 5.47. The largest absolute Gasteiger partial charge is 0.355 e. The molecule has 11 heteroatoms. The number of halogens is 1. The molecule has 2 N–H and O–H groups in total. The Bertz CT molecular complexity index is 837. The predicted octanol–water partition coefficient (Wildman–Crippen LogP) is 0.0478. The van der Waals surface area contributed by atoms with Crippen LogP contribution in [0.3, 0.4) is 0 Å². The van der Waals surface area contributed by atoms with Gasteiger partial charge in [-0.3, -0.25) is 9.39 Å². The molecule has 138 valence electrons. The first-order chi connectivity index (χ1) is 11.6. The Hall–Kier alpha value is -1.47. The molecular weight excluding hydrogens is 457 g/mol. The van der Waals surface area contributed by atoms with Crippen molar-refractivity contribution in [2.24, 2.45) is 4.99 Å². The fourth-order valence-corrected chi connectivity index (χ4v) is 4.17. The molecule has 0 amide bonds. The van der Waals surface area contributed by atoms with Crippen molar-refractivity contribution < 1.29 is 8.42 Å². The minimum absolute atomic E-state index is 0. The number of sulfonamides is 1. The van der Waals surface area contributed by atoms with Crippen LogP contribution in [0.2, 0.25) is 0 Å². The average Bonchev–Trinajstić information content (AvgIpc) is 3.14. The Morgan fingerprint density at radius 1 is 1.32 bits per heavy atom. The zero-order chi connectivity index (χ0) is 17.0. The smallest absolute Gasteiger partial charge is 0.214 e. The third-order valence-corrected chi connectivity index (χ3v) is 5.84. The zero-order valence-electron chi connectivity index (χ0n) is 13.9. The van der Waals surface area contributed by atoms with Gasteiger partial charge in [0.2, 0.25) is 10.0 Å². The first-order valence-corrected chi connectivity index (χ1v) is 9.42. The molecule has 1 fully saturated rings. The summed E-state index contributed by atoms with van der Waals surface area (Å²) in [5.41, 5.74) is 0.788. The van der Waals surface area contributed by atoms with Crippen LogP contribution in [0.15, 0.2) is 29.4 Å². The van der Waals surface area contributed by atoms with Crippen LogP contribution < -0.4 is 10.6 Å². The summed E-state index contributed by atoms with van der Waals surface area (Å²) in [5.74, 6) is 1.62. The van der Waals surface area contributed by atoms with E-state index in [9.17, 15) is 8.42 Å². The van der Waals surface area contributed by atoms with Crippen molar-refractivity contribution in [3.8, 4) is 0 Å². The summed E-state index contributed by atoms with van der Waals surface area (Å²) < 4.78 is 26.9. The first-order valence-electron chi connectivity index (χ1n) is 7.81. The Morgan fingerprint density at radius 3 is 2.88 bits per heavy atom. The van der Waals surface area contributed by atoms with Crippen molar-refractivity contribution in [1.82, 2.24) is 29.5 Å². The van der Waals surface area contributed by atoms with Crippen LogP contribution in [-0.4, -0.2) is 65.7 Å². The van der Waals surface area contributed by atoms with Gasteiger partial charge in [-0.1, -0.05) is 6.07 Å². The van der Waals surface area contributed by atoms with Gasteiger partial charge in [-0.25, -0.2) is 12.7 Å². The maximum absolute atomic E-state index is 11.7. The molecule has 3 rings (SSSR count). The lowest BCUT2D eigenvalue weighted by molar-refractivity contribution is 0.445. The third-order valence-electron chi connectivity index (χ3n) is 3.88. The molecule has 1 aliphatic heterocycles. The van der Waals surface area contributed by atoms with Crippen LogP contribution in [0.25, 0.3) is 5.65 Å². The Kier molecular flexibility index (Phi) is 6.95. The molecule has 0 radical (unpaired) electrons. The Labute approximate surface area is 164 Å². The summed E-state index contributed by atoms with van der Waals surface area (Å²) in [6, 6.07) is 5.72. The van der Waals surface area contributed by atoms with Gasteiger partial charge in [0.1, 0.15) is 0 Å². The number of rotatable bonds is 5. The molecule has 0 unspecified atom stereocenters. The molecule has 1 aliphatic rings. The number of pyridine rings is 1. The second-order valence-corrected chi connectivity index (χ2v) is 7.55. The van der Waals surface area contributed by atoms with E-state index in [0.717, 1.165) is 11.5 Å². The molecule has 25 heavy (non-hydrogen) atoms. The van der Waals surface area contributed by atoms with Gasteiger partial charge in [0.25, 0.3) is 0 Å². The van der Waals surface area contributed by atoms with Crippen LogP contribution in [-0.2, 0) is 16.6 Å². The predicted molar refractivity (Wildman–Crippen MR) is 107 cm³/mol. The van der Waals surface area contributed by atoms with Gasteiger partial charge in [0.05, 0.1) is 12.3 Å². The van der Waals surface area contributed by atoms with Crippen LogP contribution in [0.4, 0.5) is 0 Å². The van der Waals surface area contributed by atoms with E-state index < -0.39 is 10.0 Å². The average molecular weight is 479 g/mol. The van der Waals surface area contributed by atoms with Crippen LogP contribution in [0.5, 0.6) is 0 Å². The van der Waals surface area contributed by atoms with Gasteiger partial charge in [-0.2, -0.15) is 0 Å². The SMILES string of the molecule is CN=C(NCCN1CCCS1(=O)=O)NCc1nnc2ccccn12.I. The van der Waals surface area contributed by atoms with E-state index in [-0.39, 0.29) is 29.7 Å². The molecule has 0 aliphatic carbocycles. The standard InChI is InChI=1S/C14H21N7O2S.HI/c1-15-14(16-6-9-20-7-4-10-24(20,22)23)17-11-13-19-18-12-5-2-3-8-21(12)13;/h2-3,5,8H,4,6-7,9-11H2,1H3,(H2,15,16,17);1H. The highest BCUT2D eigenvalue weighted by molar-refractivity contribution is 14.0. The lowest BCUT2D eigenvalue weighted by Crippen LogP contribution is -2.41. The summed E-state index contributed by atoms with van der Waals surface area (Å²) in [6.07, 6.45) is 2.61. The number of aliphatic imine (C=N–C) groups is 1. The van der Waals surface area contributed by atoms with E-state index in [2.05, 4.69) is 25.8 Å². The topological polar surface area (TPSA) is 104 Å². The van der Waals surface area contributed by atoms with E-state index in [0.29, 0.717) is 38.6 Å². The summed E-state index contributed by atoms with van der Waals surface area (Å²) in [5, 5.41) is 14.5. The number of hydrogen-bond donors (Lipinski definition) is 2. The summed E-state index contributed by atoms with van der Waals surface area (Å²) in [6.45, 7) is 2.00. The number of aromatic nitrogens is 3. The van der Waals surface area contributed by atoms with Gasteiger partial charge >= 0.3 is 0 Å². The monoisotopic (exact) mass is 479 g/mol. The van der Waals surface area contributed by atoms with E-state index in [1.807, 2.05) is 28.8 Å². The van der Waals surface area contributed by atoms with Crippen molar-refractivity contribution in [2.45, 2.75) is 13.0 Å². The van der Waals surface area contributed by atoms with Crippen molar-refractivity contribution in [2.75, 3.05) is 32.4 Å². The normalized spacial score (nSPS) is 17.4. The molecule has 3 heterocycles. The van der Waals surface area contributed by atoms with Crippen molar-refractivity contribution in [3.63, 3.8) is 0 Å². The molecule has 1 saturated heterocycles. The quantitative estimate of drug-likeness (QED) is 0.357. The lowest BCUT2D eigenvalue weighted by atomic mass is 10.4. The maximum Gasteiger partial charge on any atom is 0.214 e. The number of hydrogen-bond acceptors (Lipinski definition) is 5. The number of nitrogens with one attached hydrogen (secondary N) is 2. The van der Waals surface area contributed by atoms with E-state index in [1.54, 1.807) is 7.05 Å². The van der Waals surface area contributed by atoms with Crippen molar-refractivity contribution in [1.29, 1.82) is 0 Å². The summed E-state index contributed by atoms with van der Waals surface area (Å²) >= 11 is 0. The van der Waals surface area contributed by atoms with Crippen LogP contribution >= 0.6 is 24.0 Å². The maximum atomic E-state index is 11.7. The molecule has 0 atom stereocenters. The number of guanidine groups is 1. The van der Waals surface area contributed by atoms with E-state index in [4.69, 9.17) is 0 Å². The highest BCUT2D eigenvalue weighted by Crippen LogP contribution is 2.11. The van der Waals surface area contributed by atoms with Gasteiger partial charge < -0.3 is 10.6 Å². The minimum Gasteiger partial charge on any atom is -0.355 e. The van der Waals surface area contributed by atoms with E-state index >= 15 is 0 Å². The molecule has 0 saturated carbocycles. The second kappa shape index (κ2) is 8.76. The fraction of sp³-hybridized carbons (Fsp3) is 0.500. The van der Waals surface area contributed by atoms with Gasteiger partial charge in [0, 0.05) is 32.9 Å². The highest BCUT2D eigenvalue weighted by atomic mass is 127. The minimum atomic E-state index is -3.05. The molecule has 2 aromatic rings. The summed E-state index contributed by atoms with van der Waals surface area (Å²) in [7, 11) is -1.38. The van der Waals surface area contributed by atoms with Crippen LogP contribution in [0, 0.1) is 0 Å².